The summed E-state index contributed by atoms with van der Waals surface area (Å²) in [5.41, 5.74) is 7.09. The van der Waals surface area contributed by atoms with Crippen molar-refractivity contribution < 1.29 is 12.4 Å². The molecule has 0 amide bonds. The summed E-state index contributed by atoms with van der Waals surface area (Å²) in [4.78, 5) is 0. The molecule has 1 aromatic rings. The molecule has 0 bridgehead atoms. The van der Waals surface area contributed by atoms with Gasteiger partial charge in [-0.3, -0.25) is 0 Å². The standard InChI is InChI=1S/C8H8N2.ClH/c9-5-7-1-2-8(6-10)4-3-7;/h1-4H,5,9H2;1H/p-1. The average Bonchev–Trinajstić information content (AvgIpc) is 2.05. The summed E-state index contributed by atoms with van der Waals surface area (Å²) in [6, 6.07) is 9.29. The predicted octanol–water partition coefficient (Wildman–Crippen LogP) is -1.98. The van der Waals surface area contributed by atoms with E-state index in [1.54, 1.807) is 12.1 Å². The molecular formula is C8H8ClN2-. The van der Waals surface area contributed by atoms with Gasteiger partial charge in [0.05, 0.1) is 11.6 Å². The minimum absolute atomic E-state index is 0. The molecule has 11 heavy (non-hydrogen) atoms. The molecule has 0 atom stereocenters. The molecule has 0 heterocycles. The monoisotopic (exact) mass is 167 g/mol. The SMILES string of the molecule is N#Cc1ccc(CN)cc1.[Cl-]. The van der Waals surface area contributed by atoms with Crippen LogP contribution in [0.25, 0.3) is 0 Å². The van der Waals surface area contributed by atoms with Gasteiger partial charge in [-0.25, -0.2) is 0 Å². The molecule has 2 N–H and O–H groups in total. The summed E-state index contributed by atoms with van der Waals surface area (Å²) in [7, 11) is 0. The van der Waals surface area contributed by atoms with Crippen LogP contribution in [0.1, 0.15) is 11.1 Å². The maximum absolute atomic E-state index is 8.42. The number of halogens is 1. The van der Waals surface area contributed by atoms with Gasteiger partial charge in [0.1, 0.15) is 0 Å². The zero-order valence-electron chi connectivity index (χ0n) is 5.92. The van der Waals surface area contributed by atoms with Gasteiger partial charge in [-0.15, -0.1) is 0 Å². The van der Waals surface area contributed by atoms with Crippen LogP contribution < -0.4 is 18.1 Å². The first-order valence-electron chi connectivity index (χ1n) is 3.06. The summed E-state index contributed by atoms with van der Waals surface area (Å²) in [6.45, 7) is 0.533. The number of benzene rings is 1. The van der Waals surface area contributed by atoms with Gasteiger partial charge in [0.2, 0.25) is 0 Å². The second kappa shape index (κ2) is 4.73. The third-order valence-corrected chi connectivity index (χ3v) is 1.32. The molecule has 0 saturated heterocycles. The fraction of sp³-hybridized carbons (Fsp3) is 0.125. The third kappa shape index (κ3) is 2.58. The molecule has 0 radical (unpaired) electrons. The van der Waals surface area contributed by atoms with Crippen LogP contribution in [0.4, 0.5) is 0 Å². The van der Waals surface area contributed by atoms with Gasteiger partial charge in [-0.2, -0.15) is 5.26 Å². The maximum atomic E-state index is 8.42. The summed E-state index contributed by atoms with van der Waals surface area (Å²) in [5, 5.41) is 8.42. The van der Waals surface area contributed by atoms with E-state index < -0.39 is 0 Å². The van der Waals surface area contributed by atoms with Gasteiger partial charge in [-0.1, -0.05) is 12.1 Å². The summed E-state index contributed by atoms with van der Waals surface area (Å²) in [6.07, 6.45) is 0. The predicted molar refractivity (Wildman–Crippen MR) is 39.0 cm³/mol. The van der Waals surface area contributed by atoms with Crippen molar-refractivity contribution in [3.63, 3.8) is 0 Å². The van der Waals surface area contributed by atoms with E-state index in [1.807, 2.05) is 18.2 Å². The van der Waals surface area contributed by atoms with Gasteiger partial charge in [0.25, 0.3) is 0 Å². The molecule has 1 aromatic carbocycles. The number of nitriles is 1. The fourth-order valence-corrected chi connectivity index (χ4v) is 0.715. The second-order valence-electron chi connectivity index (χ2n) is 2.01. The van der Waals surface area contributed by atoms with Gasteiger partial charge in [0.15, 0.2) is 0 Å². The Morgan fingerprint density at radius 1 is 1.27 bits per heavy atom. The minimum Gasteiger partial charge on any atom is -1.00 e. The van der Waals surface area contributed by atoms with Gasteiger partial charge in [-0.05, 0) is 17.7 Å². The third-order valence-electron chi connectivity index (χ3n) is 1.32. The lowest BCUT2D eigenvalue weighted by Gasteiger charge is -1.93. The number of rotatable bonds is 1. The first-order valence-corrected chi connectivity index (χ1v) is 3.06. The summed E-state index contributed by atoms with van der Waals surface area (Å²) < 4.78 is 0. The molecule has 0 aliphatic carbocycles. The minimum atomic E-state index is 0. The molecule has 0 fully saturated rings. The summed E-state index contributed by atoms with van der Waals surface area (Å²) >= 11 is 0. The van der Waals surface area contributed by atoms with E-state index in [0.29, 0.717) is 12.1 Å². The van der Waals surface area contributed by atoms with Crippen LogP contribution in [0.15, 0.2) is 24.3 Å². The van der Waals surface area contributed by atoms with Crippen LogP contribution in [-0.4, -0.2) is 0 Å². The van der Waals surface area contributed by atoms with Crippen molar-refractivity contribution in [1.29, 1.82) is 5.26 Å². The zero-order valence-corrected chi connectivity index (χ0v) is 6.67. The maximum Gasteiger partial charge on any atom is 0.0991 e. The van der Waals surface area contributed by atoms with Crippen molar-refractivity contribution in [1.82, 2.24) is 0 Å². The van der Waals surface area contributed by atoms with E-state index in [0.717, 1.165) is 5.56 Å². The lowest BCUT2D eigenvalue weighted by atomic mass is 10.1. The molecule has 0 aromatic heterocycles. The number of hydrogen-bond acceptors (Lipinski definition) is 2. The molecule has 0 unspecified atom stereocenters. The Morgan fingerprint density at radius 2 is 1.82 bits per heavy atom. The van der Waals surface area contributed by atoms with E-state index in [9.17, 15) is 0 Å². The highest BCUT2D eigenvalue weighted by atomic mass is 35.5. The Bertz CT molecular complexity index is 248. The Morgan fingerprint density at radius 3 is 2.18 bits per heavy atom. The molecule has 0 saturated carbocycles. The smallest absolute Gasteiger partial charge is 0.0991 e. The van der Waals surface area contributed by atoms with Crippen LogP contribution in [0.2, 0.25) is 0 Å². The topological polar surface area (TPSA) is 49.8 Å². The summed E-state index contributed by atoms with van der Waals surface area (Å²) in [5.74, 6) is 0. The molecule has 58 valence electrons. The number of hydrogen-bond donors (Lipinski definition) is 1. The van der Waals surface area contributed by atoms with Crippen LogP contribution in [0.3, 0.4) is 0 Å². The molecular weight excluding hydrogens is 160 g/mol. The number of nitrogens with two attached hydrogens (primary N) is 1. The Hall–Kier alpha value is -1.04. The van der Waals surface area contributed by atoms with Crippen molar-refractivity contribution in [2.75, 3.05) is 0 Å². The second-order valence-corrected chi connectivity index (χ2v) is 2.01. The molecule has 0 spiro atoms. The Balaban J connectivity index is 0.000001000. The van der Waals surface area contributed by atoms with E-state index >= 15 is 0 Å². The highest BCUT2D eigenvalue weighted by molar-refractivity contribution is 5.31. The van der Waals surface area contributed by atoms with E-state index in [-0.39, 0.29) is 12.4 Å². The fourth-order valence-electron chi connectivity index (χ4n) is 0.715. The first-order chi connectivity index (χ1) is 4.86. The Kier molecular flexibility index (Phi) is 4.28. The van der Waals surface area contributed by atoms with E-state index in [4.69, 9.17) is 11.0 Å². The molecule has 2 nitrogen and oxygen atoms in total. The normalized spacial score (nSPS) is 8.00. The van der Waals surface area contributed by atoms with Crippen LogP contribution in [0, 0.1) is 11.3 Å². The zero-order chi connectivity index (χ0) is 7.40. The lowest BCUT2D eigenvalue weighted by molar-refractivity contribution is -0.00000235. The highest BCUT2D eigenvalue weighted by Gasteiger charge is 1.88. The van der Waals surface area contributed by atoms with Crippen LogP contribution in [0.5, 0.6) is 0 Å². The van der Waals surface area contributed by atoms with Crippen molar-refractivity contribution in [2.45, 2.75) is 6.54 Å². The molecule has 0 aliphatic rings. The van der Waals surface area contributed by atoms with Crippen molar-refractivity contribution in [3.8, 4) is 6.07 Å². The number of nitrogens with zero attached hydrogens (tertiary/aromatic N) is 1. The Labute approximate surface area is 72.0 Å². The van der Waals surface area contributed by atoms with Crippen molar-refractivity contribution in [3.05, 3.63) is 35.4 Å². The lowest BCUT2D eigenvalue weighted by Crippen LogP contribution is -3.00. The van der Waals surface area contributed by atoms with Crippen LogP contribution >= 0.6 is 0 Å². The van der Waals surface area contributed by atoms with Gasteiger partial charge >= 0.3 is 0 Å². The molecule has 3 heteroatoms. The van der Waals surface area contributed by atoms with Gasteiger partial charge < -0.3 is 18.1 Å². The molecule has 0 aliphatic heterocycles. The van der Waals surface area contributed by atoms with Crippen molar-refractivity contribution in [2.24, 2.45) is 5.73 Å². The van der Waals surface area contributed by atoms with E-state index in [2.05, 4.69) is 0 Å². The van der Waals surface area contributed by atoms with E-state index in [1.165, 1.54) is 0 Å². The highest BCUT2D eigenvalue weighted by Crippen LogP contribution is 2.01. The largest absolute Gasteiger partial charge is 1.00 e. The van der Waals surface area contributed by atoms with Gasteiger partial charge in [0, 0.05) is 6.54 Å². The quantitative estimate of drug-likeness (QED) is 0.527. The first kappa shape index (κ1) is 9.96. The average molecular weight is 168 g/mol. The molecule has 1 rings (SSSR count). The van der Waals surface area contributed by atoms with Crippen molar-refractivity contribution >= 4 is 0 Å². The van der Waals surface area contributed by atoms with Crippen LogP contribution in [-0.2, 0) is 6.54 Å².